The molecule has 0 amide bonds. The molecule has 1 aliphatic heterocycles. The van der Waals surface area contributed by atoms with E-state index in [1.807, 2.05) is 0 Å². The Labute approximate surface area is 197 Å². The van der Waals surface area contributed by atoms with E-state index in [0.717, 1.165) is 54.6 Å². The van der Waals surface area contributed by atoms with Crippen molar-refractivity contribution < 1.29 is 13.5 Å². The number of thioether (sulfide) groups is 1. The van der Waals surface area contributed by atoms with Crippen molar-refractivity contribution in [1.82, 2.24) is 0 Å². The van der Waals surface area contributed by atoms with Crippen molar-refractivity contribution in [3.63, 3.8) is 0 Å². The first-order valence-corrected chi connectivity index (χ1v) is 14.0. The maximum absolute atomic E-state index is 14.6. The highest BCUT2D eigenvalue weighted by Gasteiger charge is 2.35. The fraction of sp³-hybridized carbons (Fsp3) is 0.714. The lowest BCUT2D eigenvalue weighted by Gasteiger charge is -2.41. The fourth-order valence-electron chi connectivity index (χ4n) is 6.61. The molecule has 1 aromatic carbocycles. The highest BCUT2D eigenvalue weighted by atomic mass is 32.2. The minimum Gasteiger partial charge on any atom is -0.491 e. The predicted molar refractivity (Wildman–Crippen MR) is 131 cm³/mol. The monoisotopic (exact) mass is 462 g/mol. The van der Waals surface area contributed by atoms with Gasteiger partial charge in [0.25, 0.3) is 0 Å². The SMILES string of the molecule is CC=CC1CC[C@@H](C2CCC(C3CCC(c4ccc(OCC)c(F)c4F)CC3)CC2)SC1. The van der Waals surface area contributed by atoms with Gasteiger partial charge in [0.2, 0.25) is 5.82 Å². The summed E-state index contributed by atoms with van der Waals surface area (Å²) in [4.78, 5) is 0. The first-order chi connectivity index (χ1) is 15.6. The Morgan fingerprint density at radius 3 is 2.12 bits per heavy atom. The van der Waals surface area contributed by atoms with E-state index in [2.05, 4.69) is 30.8 Å². The summed E-state index contributed by atoms with van der Waals surface area (Å²) in [6, 6.07) is 3.36. The molecule has 4 heteroatoms. The third-order valence-electron chi connectivity index (χ3n) is 8.41. The molecular weight excluding hydrogens is 422 g/mol. The number of allylic oxidation sites excluding steroid dienone is 2. The molecule has 4 rings (SSSR count). The van der Waals surface area contributed by atoms with Gasteiger partial charge in [-0.3, -0.25) is 0 Å². The summed E-state index contributed by atoms with van der Waals surface area (Å²) >= 11 is 2.23. The van der Waals surface area contributed by atoms with E-state index < -0.39 is 11.6 Å². The summed E-state index contributed by atoms with van der Waals surface area (Å²) in [6.07, 6.45) is 17.2. The predicted octanol–water partition coefficient (Wildman–Crippen LogP) is 8.53. The maximum Gasteiger partial charge on any atom is 0.200 e. The highest BCUT2D eigenvalue weighted by Crippen LogP contribution is 2.47. The van der Waals surface area contributed by atoms with Crippen LogP contribution in [0.15, 0.2) is 24.3 Å². The fourth-order valence-corrected chi connectivity index (χ4v) is 8.23. The summed E-state index contributed by atoms with van der Waals surface area (Å²) < 4.78 is 34.2. The molecule has 0 N–H and O–H groups in total. The van der Waals surface area contributed by atoms with Crippen molar-refractivity contribution in [1.29, 1.82) is 0 Å². The van der Waals surface area contributed by atoms with E-state index in [-0.39, 0.29) is 11.7 Å². The van der Waals surface area contributed by atoms with Crippen LogP contribution >= 0.6 is 11.8 Å². The largest absolute Gasteiger partial charge is 0.491 e. The Hall–Kier alpha value is -1.03. The first-order valence-electron chi connectivity index (χ1n) is 13.0. The van der Waals surface area contributed by atoms with Gasteiger partial charge in [0, 0.05) is 5.25 Å². The summed E-state index contributed by atoms with van der Waals surface area (Å²) in [5.41, 5.74) is 0.554. The molecule has 3 aliphatic rings. The lowest BCUT2D eigenvalue weighted by atomic mass is 9.67. The molecule has 32 heavy (non-hydrogen) atoms. The van der Waals surface area contributed by atoms with E-state index in [9.17, 15) is 8.78 Å². The van der Waals surface area contributed by atoms with Gasteiger partial charge in [-0.05, 0) is 125 Å². The minimum atomic E-state index is -0.817. The molecule has 1 unspecified atom stereocenters. The Bertz CT molecular complexity index is 755. The van der Waals surface area contributed by atoms with Crippen molar-refractivity contribution in [2.45, 2.75) is 89.2 Å². The minimum absolute atomic E-state index is 0.0349. The number of hydrogen-bond acceptors (Lipinski definition) is 2. The van der Waals surface area contributed by atoms with Gasteiger partial charge in [-0.15, -0.1) is 0 Å². The second-order valence-corrected chi connectivity index (χ2v) is 11.5. The highest BCUT2D eigenvalue weighted by molar-refractivity contribution is 7.99. The zero-order valence-corrected chi connectivity index (χ0v) is 20.6. The molecule has 2 atom stereocenters. The third kappa shape index (κ3) is 5.54. The third-order valence-corrected chi connectivity index (χ3v) is 10.1. The van der Waals surface area contributed by atoms with Gasteiger partial charge in [0.15, 0.2) is 11.6 Å². The zero-order chi connectivity index (χ0) is 22.5. The van der Waals surface area contributed by atoms with Crippen LogP contribution in [0.2, 0.25) is 0 Å². The Morgan fingerprint density at radius 1 is 0.875 bits per heavy atom. The van der Waals surface area contributed by atoms with Crippen LogP contribution in [0.5, 0.6) is 5.75 Å². The molecule has 0 aromatic heterocycles. The molecule has 2 saturated carbocycles. The van der Waals surface area contributed by atoms with Gasteiger partial charge >= 0.3 is 0 Å². The van der Waals surface area contributed by atoms with E-state index in [1.54, 1.807) is 19.1 Å². The van der Waals surface area contributed by atoms with E-state index in [1.165, 1.54) is 44.3 Å². The molecule has 178 valence electrons. The Morgan fingerprint density at radius 2 is 1.53 bits per heavy atom. The molecule has 3 fully saturated rings. The molecule has 0 radical (unpaired) electrons. The normalized spacial score (nSPS) is 34.0. The average Bonchev–Trinajstić information content (AvgIpc) is 2.83. The molecule has 2 aliphatic carbocycles. The maximum atomic E-state index is 14.6. The topological polar surface area (TPSA) is 9.23 Å². The van der Waals surface area contributed by atoms with Crippen LogP contribution in [0.25, 0.3) is 0 Å². The van der Waals surface area contributed by atoms with Crippen molar-refractivity contribution >= 4 is 11.8 Å². The molecule has 1 saturated heterocycles. The van der Waals surface area contributed by atoms with Crippen molar-refractivity contribution in [2.24, 2.45) is 23.7 Å². The number of rotatable bonds is 6. The van der Waals surface area contributed by atoms with Gasteiger partial charge in [-0.25, -0.2) is 4.39 Å². The van der Waals surface area contributed by atoms with E-state index in [4.69, 9.17) is 4.74 Å². The summed E-state index contributed by atoms with van der Waals surface area (Å²) in [5.74, 6) is 3.32. The summed E-state index contributed by atoms with van der Waals surface area (Å²) in [6.45, 7) is 4.27. The van der Waals surface area contributed by atoms with Crippen LogP contribution in [-0.2, 0) is 0 Å². The zero-order valence-electron chi connectivity index (χ0n) is 19.8. The van der Waals surface area contributed by atoms with Crippen LogP contribution in [-0.4, -0.2) is 17.6 Å². The van der Waals surface area contributed by atoms with Gasteiger partial charge in [0.05, 0.1) is 6.61 Å². The Kier molecular flexibility index (Phi) is 8.59. The van der Waals surface area contributed by atoms with Gasteiger partial charge in [-0.2, -0.15) is 16.2 Å². The smallest absolute Gasteiger partial charge is 0.200 e. The molecule has 0 spiro atoms. The lowest BCUT2D eigenvalue weighted by molar-refractivity contribution is 0.156. The van der Waals surface area contributed by atoms with E-state index in [0.29, 0.717) is 12.2 Å². The van der Waals surface area contributed by atoms with Crippen LogP contribution in [0.3, 0.4) is 0 Å². The molecule has 1 nitrogen and oxygen atoms in total. The molecule has 0 bridgehead atoms. The van der Waals surface area contributed by atoms with Gasteiger partial charge < -0.3 is 4.74 Å². The first kappa shape index (κ1) is 24.1. The Balaban J connectivity index is 1.24. The quantitative estimate of drug-likeness (QED) is 0.392. The van der Waals surface area contributed by atoms with Crippen LogP contribution in [0, 0.1) is 35.3 Å². The number of hydrogen-bond donors (Lipinski definition) is 0. The molecule has 1 aromatic rings. The van der Waals surface area contributed by atoms with Crippen molar-refractivity contribution in [3.05, 3.63) is 41.5 Å². The number of halogens is 2. The summed E-state index contributed by atoms with van der Waals surface area (Å²) in [7, 11) is 0. The van der Waals surface area contributed by atoms with E-state index >= 15 is 0 Å². The second kappa shape index (κ2) is 11.4. The van der Waals surface area contributed by atoms with Crippen LogP contribution < -0.4 is 4.74 Å². The number of ether oxygens (including phenoxy) is 1. The lowest BCUT2D eigenvalue weighted by Crippen LogP contribution is -2.31. The standard InChI is InChI=1S/C28H40F2OS/c1-3-5-19-6-17-26(32-18-19)23-13-9-21(10-14-23)20-7-11-22(12-8-20)24-15-16-25(31-4-2)28(30)27(24)29/h3,5,15-16,19-23,26H,4,6-14,17-18H2,1-2H3/t19?,20?,21?,22?,23?,26-/m0/s1. The van der Waals surface area contributed by atoms with Gasteiger partial charge in [-0.1, -0.05) is 18.2 Å². The van der Waals surface area contributed by atoms with Gasteiger partial charge in [0.1, 0.15) is 0 Å². The van der Waals surface area contributed by atoms with Crippen LogP contribution in [0.4, 0.5) is 8.78 Å². The summed E-state index contributed by atoms with van der Waals surface area (Å²) in [5, 5.41) is 0.880. The molecule has 1 heterocycles. The van der Waals surface area contributed by atoms with Crippen molar-refractivity contribution in [3.8, 4) is 5.75 Å². The average molecular weight is 463 g/mol. The second-order valence-electron chi connectivity index (χ2n) is 10.2. The number of benzene rings is 1. The molecular formula is C28H40F2OS. The van der Waals surface area contributed by atoms with Crippen molar-refractivity contribution in [2.75, 3.05) is 12.4 Å². The van der Waals surface area contributed by atoms with Crippen LogP contribution in [0.1, 0.15) is 89.5 Å².